The fraction of sp³-hybridized carbons (Fsp3) is 0.273. The second-order valence-corrected chi connectivity index (χ2v) is 7.07. The lowest BCUT2D eigenvalue weighted by Gasteiger charge is -2.26. The van der Waals surface area contributed by atoms with E-state index in [4.69, 9.17) is 9.15 Å². The van der Waals surface area contributed by atoms with E-state index in [0.29, 0.717) is 5.56 Å². The van der Waals surface area contributed by atoms with Crippen LogP contribution in [0.5, 0.6) is 0 Å². The van der Waals surface area contributed by atoms with Gasteiger partial charge in [0.25, 0.3) is 5.91 Å². The number of ether oxygens (including phenoxy) is 1. The Morgan fingerprint density at radius 3 is 2.73 bits per heavy atom. The lowest BCUT2D eigenvalue weighted by atomic mass is 9.88. The first-order valence-corrected chi connectivity index (χ1v) is 9.76. The van der Waals surface area contributed by atoms with Gasteiger partial charge >= 0.3 is 11.7 Å². The molecule has 4 rings (SSSR count). The van der Waals surface area contributed by atoms with Crippen molar-refractivity contribution in [1.29, 1.82) is 0 Å². The topological polar surface area (TPSA) is 103 Å². The van der Waals surface area contributed by atoms with E-state index in [-0.39, 0.29) is 17.8 Å². The van der Waals surface area contributed by atoms with E-state index < -0.39 is 24.9 Å². The minimum absolute atomic E-state index is 0.0901. The van der Waals surface area contributed by atoms with Gasteiger partial charge in [0.2, 0.25) is 5.89 Å². The zero-order valence-electron chi connectivity index (χ0n) is 16.2. The lowest BCUT2D eigenvalue weighted by molar-refractivity contribution is -0.149. The molecule has 8 nitrogen and oxygen atoms in total. The molecule has 30 heavy (non-hydrogen) atoms. The molecule has 0 bridgehead atoms. The number of hydrogen-bond donors (Lipinski definition) is 1. The number of aromatic nitrogens is 2. The van der Waals surface area contributed by atoms with Crippen LogP contribution in [0.1, 0.15) is 30.0 Å². The summed E-state index contributed by atoms with van der Waals surface area (Å²) in [5.74, 6) is -1.79. The van der Waals surface area contributed by atoms with Crippen molar-refractivity contribution >= 4 is 11.9 Å². The average Bonchev–Trinajstić information content (AvgIpc) is 3.13. The maximum Gasteiger partial charge on any atom is 0.437 e. The SMILES string of the molecule is O=C(COC(=O)Cn1nc(-c2ccccc2)oc1=O)N[C@H]1CCCc2ccccc21. The van der Waals surface area contributed by atoms with Gasteiger partial charge in [-0.2, -0.15) is 4.68 Å². The number of esters is 1. The molecular weight excluding hydrogens is 386 g/mol. The summed E-state index contributed by atoms with van der Waals surface area (Å²) in [5.41, 5.74) is 2.95. The molecule has 1 aliphatic rings. The summed E-state index contributed by atoms with van der Waals surface area (Å²) in [5, 5.41) is 6.91. The highest BCUT2D eigenvalue weighted by Crippen LogP contribution is 2.29. The lowest BCUT2D eigenvalue weighted by Crippen LogP contribution is -2.35. The molecule has 1 aromatic heterocycles. The van der Waals surface area contributed by atoms with Crippen LogP contribution in [0, 0.1) is 0 Å². The summed E-state index contributed by atoms with van der Waals surface area (Å²) in [7, 11) is 0. The molecule has 1 N–H and O–H groups in total. The molecule has 1 amide bonds. The normalized spacial score (nSPS) is 15.3. The van der Waals surface area contributed by atoms with Gasteiger partial charge in [-0.3, -0.25) is 9.59 Å². The summed E-state index contributed by atoms with van der Waals surface area (Å²) in [6.45, 7) is -0.857. The molecule has 0 fully saturated rings. The number of nitrogens with one attached hydrogen (secondary N) is 1. The number of nitrogens with zero attached hydrogens (tertiary/aromatic N) is 2. The molecule has 0 spiro atoms. The van der Waals surface area contributed by atoms with Crippen molar-refractivity contribution in [2.45, 2.75) is 31.8 Å². The molecular formula is C22H21N3O5. The van der Waals surface area contributed by atoms with Crippen molar-refractivity contribution in [3.63, 3.8) is 0 Å². The number of rotatable bonds is 6. The molecule has 0 radical (unpaired) electrons. The van der Waals surface area contributed by atoms with Crippen molar-refractivity contribution in [1.82, 2.24) is 15.1 Å². The Kier molecular flexibility index (Phi) is 5.74. The number of carbonyl (C=O) groups excluding carboxylic acids is 2. The molecule has 0 aliphatic heterocycles. The molecule has 1 aliphatic carbocycles. The standard InChI is InChI=1S/C22H21N3O5/c26-19(23-18-12-6-10-15-7-4-5-11-17(15)18)14-29-20(27)13-25-22(28)30-21(24-25)16-8-2-1-3-9-16/h1-5,7-9,11,18H,6,10,12-14H2,(H,23,26)/t18-/m0/s1. The second kappa shape index (κ2) is 8.77. The Hall–Kier alpha value is -3.68. The Morgan fingerprint density at radius 2 is 1.90 bits per heavy atom. The van der Waals surface area contributed by atoms with Gasteiger partial charge in [-0.15, -0.1) is 5.10 Å². The van der Waals surface area contributed by atoms with Gasteiger partial charge in [-0.1, -0.05) is 42.5 Å². The van der Waals surface area contributed by atoms with E-state index in [1.54, 1.807) is 24.3 Å². The molecule has 2 aromatic carbocycles. The van der Waals surface area contributed by atoms with Crippen molar-refractivity contribution in [3.8, 4) is 11.5 Å². The molecule has 0 saturated carbocycles. The Bertz CT molecular complexity index is 1100. The minimum Gasteiger partial charge on any atom is -0.454 e. The number of carbonyl (C=O) groups is 2. The smallest absolute Gasteiger partial charge is 0.437 e. The highest BCUT2D eigenvalue weighted by Gasteiger charge is 2.22. The summed E-state index contributed by atoms with van der Waals surface area (Å²) < 4.78 is 11.0. The average molecular weight is 407 g/mol. The maximum atomic E-state index is 12.2. The van der Waals surface area contributed by atoms with Crippen LogP contribution in [0.4, 0.5) is 0 Å². The van der Waals surface area contributed by atoms with E-state index in [1.807, 2.05) is 24.3 Å². The molecule has 3 aromatic rings. The molecule has 8 heteroatoms. The second-order valence-electron chi connectivity index (χ2n) is 7.07. The van der Waals surface area contributed by atoms with Crippen molar-refractivity contribution in [3.05, 3.63) is 76.3 Å². The quantitative estimate of drug-likeness (QED) is 0.629. The third-order valence-corrected chi connectivity index (χ3v) is 4.97. The Labute approximate surface area is 172 Å². The number of benzene rings is 2. The van der Waals surface area contributed by atoms with Crippen molar-refractivity contribution in [2.75, 3.05) is 6.61 Å². The van der Waals surface area contributed by atoms with Gasteiger partial charge < -0.3 is 14.5 Å². The van der Waals surface area contributed by atoms with Gasteiger partial charge in [0.15, 0.2) is 6.61 Å². The van der Waals surface area contributed by atoms with Gasteiger partial charge in [-0.05, 0) is 42.5 Å². The number of aryl methyl sites for hydroxylation is 1. The molecule has 1 heterocycles. The largest absolute Gasteiger partial charge is 0.454 e. The fourth-order valence-electron chi connectivity index (χ4n) is 3.56. The summed E-state index contributed by atoms with van der Waals surface area (Å²) >= 11 is 0. The molecule has 154 valence electrons. The highest BCUT2D eigenvalue weighted by molar-refractivity contribution is 5.80. The third kappa shape index (κ3) is 4.48. The van der Waals surface area contributed by atoms with E-state index in [1.165, 1.54) is 5.56 Å². The molecule has 0 unspecified atom stereocenters. The van der Waals surface area contributed by atoms with E-state index in [9.17, 15) is 14.4 Å². The first-order chi connectivity index (χ1) is 14.6. The van der Waals surface area contributed by atoms with Crippen LogP contribution >= 0.6 is 0 Å². The zero-order chi connectivity index (χ0) is 20.9. The molecule has 1 atom stereocenters. The van der Waals surface area contributed by atoms with E-state index in [0.717, 1.165) is 29.5 Å². The first-order valence-electron chi connectivity index (χ1n) is 9.76. The third-order valence-electron chi connectivity index (χ3n) is 4.97. The summed E-state index contributed by atoms with van der Waals surface area (Å²) in [6, 6.07) is 16.8. The predicted molar refractivity (Wildman–Crippen MR) is 107 cm³/mol. The van der Waals surface area contributed by atoms with Crippen LogP contribution in [-0.4, -0.2) is 28.3 Å². The highest BCUT2D eigenvalue weighted by atomic mass is 16.5. The van der Waals surface area contributed by atoms with Crippen LogP contribution in [0.25, 0.3) is 11.5 Å². The summed E-state index contributed by atoms with van der Waals surface area (Å²) in [6.07, 6.45) is 2.82. The van der Waals surface area contributed by atoms with Crippen LogP contribution in [-0.2, 0) is 27.3 Å². The van der Waals surface area contributed by atoms with E-state index >= 15 is 0 Å². The number of fused-ring (bicyclic) bond motifs is 1. The predicted octanol–water partition coefficient (Wildman–Crippen LogP) is 2.24. The number of amides is 1. The Balaban J connectivity index is 1.31. The van der Waals surface area contributed by atoms with Crippen LogP contribution in [0.15, 0.2) is 63.8 Å². The number of hydrogen-bond acceptors (Lipinski definition) is 6. The van der Waals surface area contributed by atoms with Crippen LogP contribution < -0.4 is 11.1 Å². The minimum atomic E-state index is -0.769. The fourth-order valence-corrected chi connectivity index (χ4v) is 3.56. The van der Waals surface area contributed by atoms with Crippen LogP contribution in [0.2, 0.25) is 0 Å². The zero-order valence-corrected chi connectivity index (χ0v) is 16.2. The first kappa shape index (κ1) is 19.6. The van der Waals surface area contributed by atoms with Crippen LogP contribution in [0.3, 0.4) is 0 Å². The van der Waals surface area contributed by atoms with Gasteiger partial charge in [0.1, 0.15) is 6.54 Å². The van der Waals surface area contributed by atoms with Gasteiger partial charge in [0, 0.05) is 5.56 Å². The van der Waals surface area contributed by atoms with E-state index in [2.05, 4.69) is 16.5 Å². The van der Waals surface area contributed by atoms with Crippen molar-refractivity contribution < 1.29 is 18.7 Å². The monoisotopic (exact) mass is 407 g/mol. The summed E-state index contributed by atoms with van der Waals surface area (Å²) in [4.78, 5) is 36.2. The van der Waals surface area contributed by atoms with Crippen molar-refractivity contribution in [2.24, 2.45) is 0 Å². The maximum absolute atomic E-state index is 12.2. The van der Waals surface area contributed by atoms with Gasteiger partial charge in [0.05, 0.1) is 6.04 Å². The Morgan fingerprint density at radius 1 is 1.13 bits per heavy atom. The van der Waals surface area contributed by atoms with Gasteiger partial charge in [-0.25, -0.2) is 4.79 Å². The molecule has 0 saturated heterocycles.